The Morgan fingerprint density at radius 1 is 1.62 bits per heavy atom. The van der Waals surface area contributed by atoms with Gasteiger partial charge in [0.2, 0.25) is 0 Å². The Morgan fingerprint density at radius 2 is 2.25 bits per heavy atom. The van der Waals surface area contributed by atoms with Crippen molar-refractivity contribution in [1.29, 1.82) is 0 Å². The topological polar surface area (TPSA) is 0 Å². The zero-order valence-electron chi connectivity index (χ0n) is 5.78. The highest BCUT2D eigenvalue weighted by Crippen LogP contribution is 2.07. The smallest absolute Gasteiger partial charge is 0.00885 e. The zero-order chi connectivity index (χ0) is 6.41. The van der Waals surface area contributed by atoms with Gasteiger partial charge < -0.3 is 0 Å². The second-order valence-corrected chi connectivity index (χ2v) is 2.26. The van der Waals surface area contributed by atoms with Crippen molar-refractivity contribution in [3.8, 4) is 12.3 Å². The summed E-state index contributed by atoms with van der Waals surface area (Å²) in [6, 6.07) is 0. The van der Waals surface area contributed by atoms with E-state index in [4.69, 9.17) is 6.42 Å². The molecule has 0 aromatic rings. The molecule has 0 bridgehead atoms. The number of hydrogen-bond acceptors (Lipinski definition) is 0. The van der Waals surface area contributed by atoms with Gasteiger partial charge in [-0.1, -0.05) is 20.3 Å². The third-order valence-electron chi connectivity index (χ3n) is 1.48. The molecule has 0 saturated carbocycles. The van der Waals surface area contributed by atoms with Gasteiger partial charge in [0.25, 0.3) is 0 Å². The van der Waals surface area contributed by atoms with Crippen molar-refractivity contribution in [2.45, 2.75) is 33.1 Å². The minimum absolute atomic E-state index is 0.811. The normalized spacial score (nSPS) is 12.6. The lowest BCUT2D eigenvalue weighted by Crippen LogP contribution is -1.89. The van der Waals surface area contributed by atoms with Crippen molar-refractivity contribution in [3.63, 3.8) is 0 Å². The van der Waals surface area contributed by atoms with E-state index in [1.165, 1.54) is 12.8 Å². The fourth-order valence-corrected chi connectivity index (χ4v) is 0.534. The molecule has 0 aliphatic carbocycles. The Kier molecular flexibility index (Phi) is 4.45. The van der Waals surface area contributed by atoms with Gasteiger partial charge >= 0.3 is 0 Å². The van der Waals surface area contributed by atoms with Gasteiger partial charge in [-0.3, -0.25) is 0 Å². The Labute approximate surface area is 52.3 Å². The first-order valence-electron chi connectivity index (χ1n) is 3.24. The summed E-state index contributed by atoms with van der Waals surface area (Å²) in [6.07, 6.45) is 8.46. The Balaban J connectivity index is 3.01. The fraction of sp³-hybridized carbons (Fsp3) is 0.750. The summed E-state index contributed by atoms with van der Waals surface area (Å²) >= 11 is 0. The van der Waals surface area contributed by atoms with Crippen LogP contribution in [0.1, 0.15) is 33.1 Å². The predicted molar refractivity (Wildman–Crippen MR) is 37.5 cm³/mol. The molecule has 0 saturated heterocycles. The molecule has 46 valence electrons. The van der Waals surface area contributed by atoms with Gasteiger partial charge in [-0.15, -0.1) is 12.3 Å². The first-order chi connectivity index (χ1) is 3.81. The average Bonchev–Trinajstić information content (AvgIpc) is 1.83. The van der Waals surface area contributed by atoms with E-state index in [-0.39, 0.29) is 0 Å². The maximum absolute atomic E-state index is 5.08. The second-order valence-electron chi connectivity index (χ2n) is 2.26. The number of hydrogen-bond donors (Lipinski definition) is 0. The van der Waals surface area contributed by atoms with Crippen molar-refractivity contribution in [1.82, 2.24) is 0 Å². The minimum atomic E-state index is 0.811. The lowest BCUT2D eigenvalue weighted by Gasteiger charge is -2.02. The average molecular weight is 110 g/mol. The van der Waals surface area contributed by atoms with E-state index in [0.29, 0.717) is 0 Å². The molecule has 0 N–H and O–H groups in total. The SMILES string of the molecule is C#CCCC(C)CC. The lowest BCUT2D eigenvalue weighted by atomic mass is 10.0. The van der Waals surface area contributed by atoms with E-state index in [0.717, 1.165) is 12.3 Å². The quantitative estimate of drug-likeness (QED) is 0.489. The molecule has 0 radical (unpaired) electrons. The fourth-order valence-electron chi connectivity index (χ4n) is 0.534. The van der Waals surface area contributed by atoms with Crippen LogP contribution in [-0.2, 0) is 0 Å². The molecule has 0 amide bonds. The van der Waals surface area contributed by atoms with Crippen LogP contribution in [-0.4, -0.2) is 0 Å². The summed E-state index contributed by atoms with van der Waals surface area (Å²) in [5, 5.41) is 0. The van der Waals surface area contributed by atoms with Gasteiger partial charge in [0.05, 0.1) is 0 Å². The standard InChI is InChI=1S/C8H14/c1-4-6-7-8(3)5-2/h1,8H,5-7H2,2-3H3. The van der Waals surface area contributed by atoms with Gasteiger partial charge in [-0.05, 0) is 12.3 Å². The predicted octanol–water partition coefficient (Wildman–Crippen LogP) is 2.45. The van der Waals surface area contributed by atoms with Crippen molar-refractivity contribution < 1.29 is 0 Å². The molecular formula is C8H14. The molecule has 0 aliphatic rings. The molecule has 1 unspecified atom stereocenters. The third-order valence-corrected chi connectivity index (χ3v) is 1.48. The molecule has 8 heavy (non-hydrogen) atoms. The molecule has 0 heteroatoms. The van der Waals surface area contributed by atoms with Gasteiger partial charge in [0, 0.05) is 6.42 Å². The molecule has 0 aliphatic heterocycles. The Hall–Kier alpha value is -0.440. The molecule has 0 aromatic carbocycles. The lowest BCUT2D eigenvalue weighted by molar-refractivity contribution is 0.525. The highest BCUT2D eigenvalue weighted by atomic mass is 14.0. The van der Waals surface area contributed by atoms with E-state index in [1.54, 1.807) is 0 Å². The maximum atomic E-state index is 5.08. The molecular weight excluding hydrogens is 96.1 g/mol. The minimum Gasteiger partial charge on any atom is -0.120 e. The van der Waals surface area contributed by atoms with Crippen LogP contribution in [0.25, 0.3) is 0 Å². The van der Waals surface area contributed by atoms with Crippen molar-refractivity contribution in [2.24, 2.45) is 5.92 Å². The zero-order valence-corrected chi connectivity index (χ0v) is 5.78. The van der Waals surface area contributed by atoms with Crippen LogP contribution >= 0.6 is 0 Å². The van der Waals surface area contributed by atoms with Crippen molar-refractivity contribution in [3.05, 3.63) is 0 Å². The van der Waals surface area contributed by atoms with Gasteiger partial charge in [-0.2, -0.15) is 0 Å². The summed E-state index contributed by atoms with van der Waals surface area (Å²) < 4.78 is 0. The number of terminal acetylenes is 1. The van der Waals surface area contributed by atoms with E-state index in [9.17, 15) is 0 Å². The van der Waals surface area contributed by atoms with Crippen molar-refractivity contribution in [2.75, 3.05) is 0 Å². The van der Waals surface area contributed by atoms with Crippen molar-refractivity contribution >= 4 is 0 Å². The van der Waals surface area contributed by atoms with E-state index in [1.807, 2.05) is 0 Å². The first-order valence-corrected chi connectivity index (χ1v) is 3.24. The molecule has 0 spiro atoms. The Bertz CT molecular complexity index is 76.5. The molecule has 0 nitrogen and oxygen atoms in total. The molecule has 0 heterocycles. The molecule has 0 aromatic heterocycles. The van der Waals surface area contributed by atoms with E-state index in [2.05, 4.69) is 19.8 Å². The molecule has 1 atom stereocenters. The first kappa shape index (κ1) is 7.56. The number of rotatable bonds is 3. The van der Waals surface area contributed by atoms with Crippen LogP contribution in [0.4, 0.5) is 0 Å². The van der Waals surface area contributed by atoms with E-state index < -0.39 is 0 Å². The highest BCUT2D eigenvalue weighted by molar-refractivity contribution is 4.83. The summed E-state index contributed by atoms with van der Waals surface area (Å²) in [5.41, 5.74) is 0. The summed E-state index contributed by atoms with van der Waals surface area (Å²) in [7, 11) is 0. The highest BCUT2D eigenvalue weighted by Gasteiger charge is 1.93. The van der Waals surface area contributed by atoms with Crippen LogP contribution in [0.15, 0.2) is 0 Å². The van der Waals surface area contributed by atoms with Gasteiger partial charge in [0.15, 0.2) is 0 Å². The summed E-state index contributed by atoms with van der Waals surface area (Å²) in [5.74, 6) is 3.44. The third kappa shape index (κ3) is 3.74. The monoisotopic (exact) mass is 110 g/mol. The van der Waals surface area contributed by atoms with E-state index >= 15 is 0 Å². The Morgan fingerprint density at radius 3 is 2.62 bits per heavy atom. The van der Waals surface area contributed by atoms with Crippen LogP contribution in [0, 0.1) is 18.3 Å². The van der Waals surface area contributed by atoms with Gasteiger partial charge in [0.1, 0.15) is 0 Å². The van der Waals surface area contributed by atoms with Crippen LogP contribution in [0.2, 0.25) is 0 Å². The van der Waals surface area contributed by atoms with Crippen LogP contribution < -0.4 is 0 Å². The maximum Gasteiger partial charge on any atom is 0.00885 e. The van der Waals surface area contributed by atoms with Crippen LogP contribution in [0.3, 0.4) is 0 Å². The molecule has 0 rings (SSSR count). The van der Waals surface area contributed by atoms with Gasteiger partial charge in [-0.25, -0.2) is 0 Å². The summed E-state index contributed by atoms with van der Waals surface area (Å²) in [4.78, 5) is 0. The second kappa shape index (κ2) is 4.71. The van der Waals surface area contributed by atoms with Crippen LogP contribution in [0.5, 0.6) is 0 Å². The molecule has 0 fully saturated rings. The summed E-state index contributed by atoms with van der Waals surface area (Å²) in [6.45, 7) is 4.43. The largest absolute Gasteiger partial charge is 0.120 e.